The van der Waals surface area contributed by atoms with Gasteiger partial charge in [0.2, 0.25) is 5.91 Å². The molecule has 4 aliphatic rings. The maximum atomic E-state index is 12.4. The molecule has 4 aliphatic carbocycles. The van der Waals surface area contributed by atoms with Crippen molar-refractivity contribution in [3.05, 3.63) is 24.3 Å². The Balaban J connectivity index is 1.43. The molecule has 2 N–H and O–H groups in total. The van der Waals surface area contributed by atoms with E-state index in [9.17, 15) is 9.90 Å². The summed E-state index contributed by atoms with van der Waals surface area (Å²) in [6.45, 7) is 0. The Kier molecular flexibility index (Phi) is 2.98. The van der Waals surface area contributed by atoms with Gasteiger partial charge in [-0.2, -0.15) is 0 Å². The molecule has 0 aliphatic heterocycles. The highest BCUT2D eigenvalue weighted by atomic mass is 16.3. The number of phenolic OH excluding ortho intramolecular Hbond substituents is 1. The molecule has 4 saturated carbocycles. The summed E-state index contributed by atoms with van der Waals surface area (Å²) in [5.41, 5.74) is 1.07. The Bertz CT molecular complexity index is 514. The summed E-state index contributed by atoms with van der Waals surface area (Å²) in [7, 11) is 0. The number of anilines is 1. The summed E-state index contributed by atoms with van der Waals surface area (Å²) in [6, 6.07) is 6.74. The van der Waals surface area contributed by atoms with Gasteiger partial charge in [-0.25, -0.2) is 0 Å². The van der Waals surface area contributed by atoms with Crippen LogP contribution in [0.25, 0.3) is 0 Å². The van der Waals surface area contributed by atoms with Crippen LogP contribution in [0.3, 0.4) is 0 Å². The molecule has 0 unspecified atom stereocenters. The minimum Gasteiger partial charge on any atom is -0.508 e. The van der Waals surface area contributed by atoms with E-state index in [1.54, 1.807) is 24.3 Å². The minimum absolute atomic E-state index is 0.141. The van der Waals surface area contributed by atoms with E-state index in [1.807, 2.05) is 0 Å². The standard InChI is InChI=1S/C18H23NO2/c20-16-3-1-15(2-4-16)19-17(21)11-18-8-12-5-13(9-18)7-14(6-12)10-18/h1-4,12-14,20H,5-11H2,(H,19,21). The third kappa shape index (κ3) is 2.54. The van der Waals surface area contributed by atoms with Crippen molar-refractivity contribution in [1.29, 1.82) is 0 Å². The maximum Gasteiger partial charge on any atom is 0.224 e. The highest BCUT2D eigenvalue weighted by Crippen LogP contribution is 2.61. The van der Waals surface area contributed by atoms with Crippen LogP contribution < -0.4 is 5.32 Å². The predicted octanol–water partition coefficient (Wildman–Crippen LogP) is 3.94. The Morgan fingerprint density at radius 3 is 2.10 bits per heavy atom. The first-order valence-electron chi connectivity index (χ1n) is 8.19. The fourth-order valence-electron chi connectivity index (χ4n) is 5.60. The molecule has 5 rings (SSSR count). The molecule has 1 aromatic rings. The largest absolute Gasteiger partial charge is 0.508 e. The van der Waals surface area contributed by atoms with Crippen LogP contribution in [0.2, 0.25) is 0 Å². The van der Waals surface area contributed by atoms with E-state index in [0.29, 0.717) is 6.42 Å². The molecular formula is C18H23NO2. The molecule has 0 radical (unpaired) electrons. The van der Waals surface area contributed by atoms with Gasteiger partial charge in [0.05, 0.1) is 0 Å². The fourth-order valence-corrected chi connectivity index (χ4v) is 5.60. The average molecular weight is 285 g/mol. The monoisotopic (exact) mass is 285 g/mol. The lowest BCUT2D eigenvalue weighted by molar-refractivity contribution is -0.124. The molecule has 0 heterocycles. The lowest BCUT2D eigenvalue weighted by atomic mass is 9.49. The predicted molar refractivity (Wildman–Crippen MR) is 82.0 cm³/mol. The number of hydrogen-bond acceptors (Lipinski definition) is 2. The molecule has 3 heteroatoms. The molecule has 0 aromatic heterocycles. The molecule has 3 nitrogen and oxygen atoms in total. The van der Waals surface area contributed by atoms with Gasteiger partial charge in [0, 0.05) is 12.1 Å². The zero-order chi connectivity index (χ0) is 14.4. The van der Waals surface area contributed by atoms with Gasteiger partial charge in [-0.3, -0.25) is 4.79 Å². The maximum absolute atomic E-state index is 12.4. The number of rotatable bonds is 3. The summed E-state index contributed by atoms with van der Waals surface area (Å²) < 4.78 is 0. The van der Waals surface area contributed by atoms with Crippen molar-refractivity contribution in [3.63, 3.8) is 0 Å². The van der Waals surface area contributed by atoms with Gasteiger partial charge < -0.3 is 10.4 Å². The first kappa shape index (κ1) is 13.2. The number of nitrogens with one attached hydrogen (secondary N) is 1. The van der Waals surface area contributed by atoms with E-state index in [1.165, 1.54) is 38.5 Å². The highest BCUT2D eigenvalue weighted by Gasteiger charge is 2.51. The summed E-state index contributed by atoms with van der Waals surface area (Å²) in [5, 5.41) is 12.3. The SMILES string of the molecule is O=C(CC12CC3CC(CC(C3)C1)C2)Nc1ccc(O)cc1. The average Bonchev–Trinajstić information content (AvgIpc) is 2.39. The molecule has 0 saturated heterocycles. The third-order valence-electron chi connectivity index (χ3n) is 5.85. The second-order valence-electron chi connectivity index (χ2n) is 7.69. The van der Waals surface area contributed by atoms with Crippen LogP contribution in [0.5, 0.6) is 5.75 Å². The zero-order valence-corrected chi connectivity index (χ0v) is 12.3. The van der Waals surface area contributed by atoms with Crippen LogP contribution in [0.4, 0.5) is 5.69 Å². The van der Waals surface area contributed by atoms with E-state index in [4.69, 9.17) is 0 Å². The van der Waals surface area contributed by atoms with Gasteiger partial charge in [0.1, 0.15) is 5.75 Å². The molecule has 0 atom stereocenters. The molecule has 4 bridgehead atoms. The van der Waals surface area contributed by atoms with Crippen molar-refractivity contribution in [3.8, 4) is 5.75 Å². The second kappa shape index (κ2) is 4.75. The van der Waals surface area contributed by atoms with Crippen LogP contribution >= 0.6 is 0 Å². The quantitative estimate of drug-likeness (QED) is 0.826. The van der Waals surface area contributed by atoms with Crippen LogP contribution in [0.15, 0.2) is 24.3 Å². The third-order valence-corrected chi connectivity index (χ3v) is 5.85. The number of carbonyl (C=O) groups excluding carboxylic acids is 1. The Labute approximate surface area is 125 Å². The lowest BCUT2D eigenvalue weighted by Gasteiger charge is -2.56. The number of amides is 1. The normalized spacial score (nSPS) is 36.7. The summed E-state index contributed by atoms with van der Waals surface area (Å²) >= 11 is 0. The number of aromatic hydroxyl groups is 1. The van der Waals surface area contributed by atoms with Gasteiger partial charge in [-0.05, 0) is 86.0 Å². The van der Waals surface area contributed by atoms with Gasteiger partial charge in [-0.1, -0.05) is 0 Å². The van der Waals surface area contributed by atoms with Crippen molar-refractivity contribution >= 4 is 11.6 Å². The van der Waals surface area contributed by atoms with Crippen molar-refractivity contribution in [2.45, 2.75) is 44.9 Å². The molecule has 21 heavy (non-hydrogen) atoms. The molecule has 112 valence electrons. The molecule has 1 amide bonds. The fraction of sp³-hybridized carbons (Fsp3) is 0.611. The van der Waals surface area contributed by atoms with E-state index in [0.717, 1.165) is 23.4 Å². The van der Waals surface area contributed by atoms with Crippen LogP contribution in [0, 0.1) is 23.2 Å². The first-order valence-corrected chi connectivity index (χ1v) is 8.19. The van der Waals surface area contributed by atoms with Gasteiger partial charge in [0.15, 0.2) is 0 Å². The summed E-state index contributed by atoms with van der Waals surface area (Å²) in [6.07, 6.45) is 8.72. The van der Waals surface area contributed by atoms with Gasteiger partial charge in [-0.15, -0.1) is 0 Å². The number of carbonyl (C=O) groups is 1. The topological polar surface area (TPSA) is 49.3 Å². The van der Waals surface area contributed by atoms with Crippen LogP contribution in [-0.4, -0.2) is 11.0 Å². The zero-order valence-electron chi connectivity index (χ0n) is 12.3. The second-order valence-corrected chi connectivity index (χ2v) is 7.69. The highest BCUT2D eigenvalue weighted by molar-refractivity contribution is 5.91. The van der Waals surface area contributed by atoms with Crippen LogP contribution in [0.1, 0.15) is 44.9 Å². The van der Waals surface area contributed by atoms with Gasteiger partial charge in [0.25, 0.3) is 0 Å². The van der Waals surface area contributed by atoms with E-state index in [-0.39, 0.29) is 17.1 Å². The van der Waals surface area contributed by atoms with Gasteiger partial charge >= 0.3 is 0 Å². The van der Waals surface area contributed by atoms with Crippen molar-refractivity contribution in [1.82, 2.24) is 0 Å². The smallest absolute Gasteiger partial charge is 0.224 e. The first-order chi connectivity index (χ1) is 10.1. The van der Waals surface area contributed by atoms with E-state index < -0.39 is 0 Å². The number of hydrogen-bond donors (Lipinski definition) is 2. The van der Waals surface area contributed by atoms with E-state index in [2.05, 4.69) is 5.32 Å². The lowest BCUT2D eigenvalue weighted by Crippen LogP contribution is -2.47. The summed E-state index contributed by atoms with van der Waals surface area (Å²) in [5.74, 6) is 3.03. The van der Waals surface area contributed by atoms with Crippen molar-refractivity contribution in [2.75, 3.05) is 5.32 Å². The van der Waals surface area contributed by atoms with Crippen molar-refractivity contribution < 1.29 is 9.90 Å². The molecule has 0 spiro atoms. The van der Waals surface area contributed by atoms with Crippen LogP contribution in [-0.2, 0) is 4.79 Å². The Hall–Kier alpha value is -1.51. The molecular weight excluding hydrogens is 262 g/mol. The number of benzene rings is 1. The Morgan fingerprint density at radius 2 is 1.57 bits per heavy atom. The molecule has 4 fully saturated rings. The Morgan fingerprint density at radius 1 is 1.05 bits per heavy atom. The minimum atomic E-state index is 0.141. The van der Waals surface area contributed by atoms with E-state index >= 15 is 0 Å². The molecule has 1 aromatic carbocycles. The van der Waals surface area contributed by atoms with Crippen molar-refractivity contribution in [2.24, 2.45) is 23.2 Å². The summed E-state index contributed by atoms with van der Waals surface area (Å²) in [4.78, 5) is 12.4. The number of phenols is 1.